The zero-order valence-corrected chi connectivity index (χ0v) is 17.9. The van der Waals surface area contributed by atoms with E-state index in [1.165, 1.54) is 19.1 Å². The summed E-state index contributed by atoms with van der Waals surface area (Å²) in [6, 6.07) is 12.2. The lowest BCUT2D eigenvalue weighted by Crippen LogP contribution is -2.48. The van der Waals surface area contributed by atoms with E-state index in [2.05, 4.69) is 14.7 Å². The van der Waals surface area contributed by atoms with Gasteiger partial charge < -0.3 is 14.6 Å². The fraction of sp³-hybridized carbons (Fsp3) is 0.333. The van der Waals surface area contributed by atoms with Crippen LogP contribution in [-0.2, 0) is 21.2 Å². The number of carbonyl (C=O) groups excluding carboxylic acids is 1. The first-order valence-electron chi connectivity index (χ1n) is 9.69. The molecule has 1 aliphatic heterocycles. The summed E-state index contributed by atoms with van der Waals surface area (Å²) in [6.07, 6.45) is 0.426. The van der Waals surface area contributed by atoms with Gasteiger partial charge in [-0.05, 0) is 44.2 Å². The second-order valence-electron chi connectivity index (χ2n) is 7.94. The van der Waals surface area contributed by atoms with E-state index in [9.17, 15) is 13.2 Å². The molecular formula is C21H24N4O4S. The summed E-state index contributed by atoms with van der Waals surface area (Å²) in [5.74, 6) is 1.03. The molecule has 1 amide bonds. The number of amides is 1. The molecule has 8 nitrogen and oxygen atoms in total. The van der Waals surface area contributed by atoms with Crippen molar-refractivity contribution in [2.75, 3.05) is 18.0 Å². The molecule has 0 spiro atoms. The van der Waals surface area contributed by atoms with E-state index in [0.29, 0.717) is 30.2 Å². The third kappa shape index (κ3) is 4.03. The second-order valence-corrected chi connectivity index (χ2v) is 9.71. The Labute approximate surface area is 175 Å². The van der Waals surface area contributed by atoms with Gasteiger partial charge in [-0.15, -0.1) is 0 Å². The highest BCUT2D eigenvalue weighted by molar-refractivity contribution is 7.89. The summed E-state index contributed by atoms with van der Waals surface area (Å²) < 4.78 is 34.1. The van der Waals surface area contributed by atoms with Crippen LogP contribution in [0.15, 0.2) is 47.4 Å². The molecule has 0 saturated carbocycles. The fourth-order valence-corrected chi connectivity index (χ4v) is 4.60. The van der Waals surface area contributed by atoms with Crippen LogP contribution in [-0.4, -0.2) is 43.0 Å². The number of H-pyrrole nitrogens is 1. The van der Waals surface area contributed by atoms with Gasteiger partial charge in [-0.2, -0.15) is 0 Å². The topological polar surface area (TPSA) is 104 Å². The van der Waals surface area contributed by atoms with Gasteiger partial charge in [-0.25, -0.2) is 18.1 Å². The van der Waals surface area contributed by atoms with Gasteiger partial charge >= 0.3 is 0 Å². The van der Waals surface area contributed by atoms with E-state index in [0.717, 1.165) is 11.0 Å². The summed E-state index contributed by atoms with van der Waals surface area (Å²) in [7, 11) is -3.76. The number of imidazole rings is 1. The highest BCUT2D eigenvalue weighted by Crippen LogP contribution is 2.38. The molecule has 0 atom stereocenters. The summed E-state index contributed by atoms with van der Waals surface area (Å²) in [5, 5.41) is 0. The number of hydrogen-bond acceptors (Lipinski definition) is 5. The Morgan fingerprint density at radius 3 is 2.77 bits per heavy atom. The molecule has 0 bridgehead atoms. The van der Waals surface area contributed by atoms with Crippen LogP contribution in [0.4, 0.5) is 5.69 Å². The third-order valence-electron chi connectivity index (χ3n) is 4.93. The standard InChI is InChI=1S/C21H24N4O4S/c1-14(26)25-13-21(2,3)29-19-9-8-15(12-18(19)25)30(27,28)22-11-10-20-23-16-6-4-5-7-17(16)24-20/h4-9,12,22H,10-11,13H2,1-3H3,(H,23,24). The SMILES string of the molecule is CC(=O)N1CC(C)(C)Oc2ccc(S(=O)(=O)NCCc3nc4ccccc4[nH]3)cc21. The average Bonchev–Trinajstić information content (AvgIpc) is 3.08. The fourth-order valence-electron chi connectivity index (χ4n) is 3.55. The minimum Gasteiger partial charge on any atom is -0.484 e. The van der Waals surface area contributed by atoms with Crippen molar-refractivity contribution in [3.05, 3.63) is 48.3 Å². The summed E-state index contributed by atoms with van der Waals surface area (Å²) in [5.41, 5.74) is 1.67. The number of nitrogens with zero attached hydrogens (tertiary/aromatic N) is 2. The number of para-hydroxylation sites is 2. The zero-order valence-electron chi connectivity index (χ0n) is 17.1. The van der Waals surface area contributed by atoms with Gasteiger partial charge in [0, 0.05) is 19.9 Å². The van der Waals surface area contributed by atoms with Gasteiger partial charge in [0.1, 0.15) is 17.2 Å². The number of nitrogens with one attached hydrogen (secondary N) is 2. The van der Waals surface area contributed by atoms with E-state index < -0.39 is 15.6 Å². The van der Waals surface area contributed by atoms with Crippen molar-refractivity contribution in [3.8, 4) is 5.75 Å². The number of aromatic nitrogens is 2. The molecule has 9 heteroatoms. The van der Waals surface area contributed by atoms with E-state index in [-0.39, 0.29) is 17.3 Å². The first-order valence-corrected chi connectivity index (χ1v) is 11.2. The summed E-state index contributed by atoms with van der Waals surface area (Å²) in [6.45, 7) is 5.77. The van der Waals surface area contributed by atoms with Crippen molar-refractivity contribution in [1.82, 2.24) is 14.7 Å². The average molecular weight is 429 g/mol. The van der Waals surface area contributed by atoms with Crippen LogP contribution >= 0.6 is 0 Å². The molecule has 0 radical (unpaired) electrons. The second kappa shape index (κ2) is 7.41. The predicted molar refractivity (Wildman–Crippen MR) is 114 cm³/mol. The van der Waals surface area contributed by atoms with Crippen molar-refractivity contribution in [1.29, 1.82) is 0 Å². The lowest BCUT2D eigenvalue weighted by Gasteiger charge is -2.39. The smallest absolute Gasteiger partial charge is 0.240 e. The maximum Gasteiger partial charge on any atom is 0.240 e. The lowest BCUT2D eigenvalue weighted by atomic mass is 10.1. The van der Waals surface area contributed by atoms with Gasteiger partial charge in [0.15, 0.2) is 0 Å². The van der Waals surface area contributed by atoms with Crippen molar-refractivity contribution in [3.63, 3.8) is 0 Å². The van der Waals surface area contributed by atoms with E-state index in [4.69, 9.17) is 4.74 Å². The Morgan fingerprint density at radius 1 is 1.27 bits per heavy atom. The molecule has 2 heterocycles. The van der Waals surface area contributed by atoms with Crippen LogP contribution in [0.3, 0.4) is 0 Å². The van der Waals surface area contributed by atoms with E-state index in [1.54, 1.807) is 11.0 Å². The number of ether oxygens (including phenoxy) is 1. The van der Waals surface area contributed by atoms with Crippen molar-refractivity contribution < 1.29 is 17.9 Å². The normalized spacial score (nSPS) is 15.6. The van der Waals surface area contributed by atoms with Crippen LogP contribution in [0, 0.1) is 0 Å². The van der Waals surface area contributed by atoms with Gasteiger partial charge in [0.05, 0.1) is 28.2 Å². The molecule has 1 aliphatic rings. The molecule has 158 valence electrons. The molecule has 3 aromatic rings. The molecule has 0 fully saturated rings. The lowest BCUT2D eigenvalue weighted by molar-refractivity contribution is -0.117. The van der Waals surface area contributed by atoms with Crippen molar-refractivity contribution in [2.24, 2.45) is 0 Å². The van der Waals surface area contributed by atoms with E-state index >= 15 is 0 Å². The van der Waals surface area contributed by atoms with Crippen LogP contribution in [0.2, 0.25) is 0 Å². The van der Waals surface area contributed by atoms with Crippen molar-refractivity contribution in [2.45, 2.75) is 37.7 Å². The molecule has 0 aliphatic carbocycles. The van der Waals surface area contributed by atoms with Crippen LogP contribution < -0.4 is 14.4 Å². The molecule has 0 saturated heterocycles. The maximum atomic E-state index is 12.8. The first kappa shape index (κ1) is 20.4. The zero-order chi connectivity index (χ0) is 21.5. The van der Waals surface area contributed by atoms with Crippen LogP contribution in [0.1, 0.15) is 26.6 Å². The number of sulfonamides is 1. The molecule has 30 heavy (non-hydrogen) atoms. The van der Waals surface area contributed by atoms with Crippen LogP contribution in [0.5, 0.6) is 5.75 Å². The number of carbonyl (C=O) groups is 1. The minimum atomic E-state index is -3.76. The Morgan fingerprint density at radius 2 is 2.03 bits per heavy atom. The predicted octanol–water partition coefficient (Wildman–Crippen LogP) is 2.61. The molecule has 0 unspecified atom stereocenters. The Kier molecular flexibility index (Phi) is 5.03. The summed E-state index contributed by atoms with van der Waals surface area (Å²) >= 11 is 0. The number of fused-ring (bicyclic) bond motifs is 2. The largest absolute Gasteiger partial charge is 0.484 e. The number of hydrogen-bond donors (Lipinski definition) is 2. The Bertz CT molecular complexity index is 1180. The number of rotatable bonds is 5. The number of aromatic amines is 1. The number of anilines is 1. The van der Waals surface area contributed by atoms with Crippen molar-refractivity contribution >= 4 is 32.7 Å². The molecular weight excluding hydrogens is 404 g/mol. The van der Waals surface area contributed by atoms with Gasteiger partial charge in [0.25, 0.3) is 0 Å². The molecule has 2 N–H and O–H groups in total. The molecule has 1 aromatic heterocycles. The number of benzene rings is 2. The van der Waals surface area contributed by atoms with Gasteiger partial charge in [0.2, 0.25) is 15.9 Å². The first-order chi connectivity index (χ1) is 14.1. The molecule has 2 aromatic carbocycles. The highest BCUT2D eigenvalue weighted by Gasteiger charge is 2.34. The summed E-state index contributed by atoms with van der Waals surface area (Å²) in [4.78, 5) is 21.4. The Balaban J connectivity index is 1.51. The minimum absolute atomic E-state index is 0.0837. The quantitative estimate of drug-likeness (QED) is 0.650. The third-order valence-corrected chi connectivity index (χ3v) is 6.39. The van der Waals surface area contributed by atoms with Crippen LogP contribution in [0.25, 0.3) is 11.0 Å². The molecule has 4 rings (SSSR count). The van der Waals surface area contributed by atoms with E-state index in [1.807, 2.05) is 38.1 Å². The maximum absolute atomic E-state index is 12.8. The van der Waals surface area contributed by atoms with Gasteiger partial charge in [-0.1, -0.05) is 12.1 Å². The van der Waals surface area contributed by atoms with Gasteiger partial charge in [-0.3, -0.25) is 4.79 Å². The Hall–Kier alpha value is -2.91. The monoisotopic (exact) mass is 428 g/mol. The highest BCUT2D eigenvalue weighted by atomic mass is 32.2.